The van der Waals surface area contributed by atoms with E-state index in [-0.39, 0.29) is 17.9 Å². The van der Waals surface area contributed by atoms with Gasteiger partial charge in [-0.25, -0.2) is 0 Å². The van der Waals surface area contributed by atoms with E-state index in [2.05, 4.69) is 10.6 Å². The van der Waals surface area contributed by atoms with Crippen molar-refractivity contribution in [2.45, 2.75) is 50.6 Å². The van der Waals surface area contributed by atoms with E-state index in [4.69, 9.17) is 4.74 Å². The fourth-order valence-electron chi connectivity index (χ4n) is 4.56. The van der Waals surface area contributed by atoms with Crippen LogP contribution in [0.3, 0.4) is 0 Å². The van der Waals surface area contributed by atoms with E-state index in [1.807, 2.05) is 29.2 Å². The van der Waals surface area contributed by atoms with Crippen molar-refractivity contribution >= 4 is 17.5 Å². The number of anilines is 1. The normalized spacial score (nSPS) is 27.9. The molecule has 0 spiro atoms. The Morgan fingerprint density at radius 3 is 2.59 bits per heavy atom. The number of morpholine rings is 1. The SMILES string of the molecule is O=C(Nc1ccc(CC(=O)N2CCOCC2)cc1)C1CC2CCCCC2N1. The molecule has 2 N–H and O–H groups in total. The first-order chi connectivity index (χ1) is 13.2. The molecule has 1 aromatic rings. The van der Waals surface area contributed by atoms with Crippen LogP contribution in [0.2, 0.25) is 0 Å². The average molecular weight is 371 g/mol. The van der Waals surface area contributed by atoms with Crippen LogP contribution in [0.25, 0.3) is 0 Å². The smallest absolute Gasteiger partial charge is 0.241 e. The summed E-state index contributed by atoms with van der Waals surface area (Å²) in [4.78, 5) is 26.8. The number of amides is 2. The van der Waals surface area contributed by atoms with Crippen LogP contribution in [0.5, 0.6) is 0 Å². The third-order valence-electron chi connectivity index (χ3n) is 6.12. The molecular formula is C21H29N3O3. The Kier molecular flexibility index (Phi) is 5.74. The Morgan fingerprint density at radius 1 is 1.11 bits per heavy atom. The molecule has 1 aromatic carbocycles. The van der Waals surface area contributed by atoms with Crippen molar-refractivity contribution in [1.82, 2.24) is 10.2 Å². The molecule has 3 unspecified atom stereocenters. The van der Waals surface area contributed by atoms with Crippen LogP contribution in [0, 0.1) is 5.92 Å². The Balaban J connectivity index is 1.28. The maximum absolute atomic E-state index is 12.6. The van der Waals surface area contributed by atoms with Gasteiger partial charge in [-0.3, -0.25) is 9.59 Å². The second-order valence-electron chi connectivity index (χ2n) is 7.96. The maximum atomic E-state index is 12.6. The Bertz CT molecular complexity index is 656. The summed E-state index contributed by atoms with van der Waals surface area (Å²) in [5, 5.41) is 6.54. The van der Waals surface area contributed by atoms with Gasteiger partial charge in [-0.1, -0.05) is 25.0 Å². The molecule has 2 heterocycles. The molecule has 6 nitrogen and oxygen atoms in total. The van der Waals surface area contributed by atoms with Gasteiger partial charge in [0.05, 0.1) is 25.7 Å². The summed E-state index contributed by atoms with van der Waals surface area (Å²) in [7, 11) is 0. The summed E-state index contributed by atoms with van der Waals surface area (Å²) < 4.78 is 5.29. The van der Waals surface area contributed by atoms with E-state index in [0.29, 0.717) is 44.7 Å². The van der Waals surface area contributed by atoms with Gasteiger partial charge in [-0.2, -0.15) is 0 Å². The van der Waals surface area contributed by atoms with Gasteiger partial charge >= 0.3 is 0 Å². The number of fused-ring (bicyclic) bond motifs is 1. The monoisotopic (exact) mass is 371 g/mol. The number of nitrogens with zero attached hydrogens (tertiary/aromatic N) is 1. The summed E-state index contributed by atoms with van der Waals surface area (Å²) in [5.41, 5.74) is 1.76. The molecule has 3 atom stereocenters. The zero-order chi connectivity index (χ0) is 18.6. The molecule has 3 aliphatic rings. The molecule has 1 aliphatic carbocycles. The van der Waals surface area contributed by atoms with Gasteiger partial charge in [0.15, 0.2) is 0 Å². The molecule has 0 radical (unpaired) electrons. The largest absolute Gasteiger partial charge is 0.378 e. The van der Waals surface area contributed by atoms with Gasteiger partial charge in [0.1, 0.15) is 0 Å². The van der Waals surface area contributed by atoms with Crippen molar-refractivity contribution in [1.29, 1.82) is 0 Å². The third kappa shape index (κ3) is 4.50. The number of benzene rings is 1. The molecule has 146 valence electrons. The van der Waals surface area contributed by atoms with E-state index < -0.39 is 0 Å². The first kappa shape index (κ1) is 18.4. The third-order valence-corrected chi connectivity index (χ3v) is 6.12. The van der Waals surface area contributed by atoms with Crippen molar-refractivity contribution < 1.29 is 14.3 Å². The molecule has 2 amide bonds. The second kappa shape index (κ2) is 8.40. The molecule has 0 aromatic heterocycles. The van der Waals surface area contributed by atoms with Crippen LogP contribution in [-0.2, 0) is 20.7 Å². The molecule has 6 heteroatoms. The highest BCUT2D eigenvalue weighted by Gasteiger charge is 2.38. The summed E-state index contributed by atoms with van der Waals surface area (Å²) in [6, 6.07) is 8.07. The summed E-state index contributed by atoms with van der Waals surface area (Å²) >= 11 is 0. The van der Waals surface area contributed by atoms with Gasteiger partial charge in [0.25, 0.3) is 0 Å². The maximum Gasteiger partial charge on any atom is 0.241 e. The number of ether oxygens (including phenoxy) is 1. The number of carbonyl (C=O) groups is 2. The zero-order valence-corrected chi connectivity index (χ0v) is 15.8. The highest BCUT2D eigenvalue weighted by Crippen LogP contribution is 2.33. The fourth-order valence-corrected chi connectivity index (χ4v) is 4.56. The highest BCUT2D eigenvalue weighted by atomic mass is 16.5. The number of hydrogen-bond donors (Lipinski definition) is 2. The Hall–Kier alpha value is -1.92. The molecule has 27 heavy (non-hydrogen) atoms. The van der Waals surface area contributed by atoms with Gasteiger partial charge in [-0.15, -0.1) is 0 Å². The Morgan fingerprint density at radius 2 is 1.85 bits per heavy atom. The van der Waals surface area contributed by atoms with Crippen LogP contribution in [0.1, 0.15) is 37.7 Å². The standard InChI is InChI=1S/C21H29N3O3/c25-20(24-9-11-27-12-10-24)13-15-5-7-17(8-6-15)22-21(26)19-14-16-3-1-2-4-18(16)23-19/h5-8,16,18-19,23H,1-4,9-14H2,(H,22,26). The fraction of sp³-hybridized carbons (Fsp3) is 0.619. The lowest BCUT2D eigenvalue weighted by atomic mass is 9.85. The predicted octanol–water partition coefficient (Wildman–Crippen LogP) is 1.95. The molecule has 2 aliphatic heterocycles. The quantitative estimate of drug-likeness (QED) is 0.849. The molecule has 1 saturated carbocycles. The molecule has 2 saturated heterocycles. The minimum absolute atomic E-state index is 0.0570. The minimum Gasteiger partial charge on any atom is -0.378 e. The van der Waals surface area contributed by atoms with Crippen LogP contribution in [0.4, 0.5) is 5.69 Å². The van der Waals surface area contributed by atoms with Gasteiger partial charge in [-0.05, 0) is 42.9 Å². The first-order valence-corrected chi connectivity index (χ1v) is 10.2. The van der Waals surface area contributed by atoms with Crippen molar-refractivity contribution in [3.05, 3.63) is 29.8 Å². The van der Waals surface area contributed by atoms with Crippen LogP contribution >= 0.6 is 0 Å². The lowest BCUT2D eigenvalue weighted by Crippen LogP contribution is -2.41. The van der Waals surface area contributed by atoms with Crippen molar-refractivity contribution in [2.75, 3.05) is 31.6 Å². The van der Waals surface area contributed by atoms with Crippen LogP contribution < -0.4 is 10.6 Å². The lowest BCUT2D eigenvalue weighted by molar-refractivity contribution is -0.134. The van der Waals surface area contributed by atoms with Crippen LogP contribution in [0.15, 0.2) is 24.3 Å². The first-order valence-electron chi connectivity index (χ1n) is 10.2. The number of rotatable bonds is 4. The minimum atomic E-state index is -0.0827. The van der Waals surface area contributed by atoms with Crippen molar-refractivity contribution in [2.24, 2.45) is 5.92 Å². The van der Waals surface area contributed by atoms with E-state index in [1.165, 1.54) is 25.7 Å². The molecule has 3 fully saturated rings. The topological polar surface area (TPSA) is 70.7 Å². The van der Waals surface area contributed by atoms with Crippen molar-refractivity contribution in [3.8, 4) is 0 Å². The summed E-state index contributed by atoms with van der Waals surface area (Å²) in [6.45, 7) is 2.58. The number of nitrogens with one attached hydrogen (secondary N) is 2. The van der Waals surface area contributed by atoms with Gasteiger partial charge < -0.3 is 20.3 Å². The van der Waals surface area contributed by atoms with Gasteiger partial charge in [0, 0.05) is 24.8 Å². The van der Waals surface area contributed by atoms with E-state index in [9.17, 15) is 9.59 Å². The Labute approximate surface area is 160 Å². The van der Waals surface area contributed by atoms with E-state index in [1.54, 1.807) is 0 Å². The van der Waals surface area contributed by atoms with E-state index in [0.717, 1.165) is 17.7 Å². The molecular weight excluding hydrogens is 342 g/mol. The van der Waals surface area contributed by atoms with Crippen LogP contribution in [-0.4, -0.2) is 55.1 Å². The molecule has 4 rings (SSSR count). The number of hydrogen-bond acceptors (Lipinski definition) is 4. The lowest BCUT2D eigenvalue weighted by Gasteiger charge is -2.26. The van der Waals surface area contributed by atoms with E-state index >= 15 is 0 Å². The highest BCUT2D eigenvalue weighted by molar-refractivity contribution is 5.95. The molecule has 0 bridgehead atoms. The van der Waals surface area contributed by atoms with Crippen molar-refractivity contribution in [3.63, 3.8) is 0 Å². The number of carbonyl (C=O) groups excluding carboxylic acids is 2. The average Bonchev–Trinajstić information content (AvgIpc) is 3.14. The predicted molar refractivity (Wildman–Crippen MR) is 103 cm³/mol. The summed E-state index contributed by atoms with van der Waals surface area (Å²) in [6.07, 6.45) is 6.34. The second-order valence-corrected chi connectivity index (χ2v) is 7.96. The zero-order valence-electron chi connectivity index (χ0n) is 15.8. The summed E-state index contributed by atoms with van der Waals surface area (Å²) in [5.74, 6) is 0.845. The van der Waals surface area contributed by atoms with Gasteiger partial charge in [0.2, 0.25) is 11.8 Å².